The Morgan fingerprint density at radius 3 is 2.66 bits per heavy atom. The molecule has 1 saturated heterocycles. The molecular formula is C31H32FN3O8S. The van der Waals surface area contributed by atoms with Crippen LogP contribution >= 0.6 is 0 Å². The zero-order valence-electron chi connectivity index (χ0n) is 24.0. The highest BCUT2D eigenvalue weighted by Crippen LogP contribution is 2.29. The van der Waals surface area contributed by atoms with Gasteiger partial charge in [-0.25, -0.2) is 12.8 Å². The molecule has 2 aliphatic heterocycles. The van der Waals surface area contributed by atoms with E-state index in [4.69, 9.17) is 14.2 Å². The summed E-state index contributed by atoms with van der Waals surface area (Å²) in [7, 11) is -2.23. The minimum Gasteiger partial charge on any atom is -0.493 e. The van der Waals surface area contributed by atoms with E-state index in [-0.39, 0.29) is 66.1 Å². The van der Waals surface area contributed by atoms with Crippen molar-refractivity contribution in [2.45, 2.75) is 36.4 Å². The van der Waals surface area contributed by atoms with Crippen molar-refractivity contribution in [1.29, 1.82) is 0 Å². The van der Waals surface area contributed by atoms with E-state index in [0.717, 1.165) is 0 Å². The molecular weight excluding hydrogens is 593 g/mol. The number of carbonyl (C=O) groups is 3. The molecule has 5 rings (SSSR count). The molecule has 3 amide bonds. The Balaban J connectivity index is 1.36. The van der Waals surface area contributed by atoms with Gasteiger partial charge < -0.3 is 29.7 Å². The smallest absolute Gasteiger partial charge is 0.258 e. The van der Waals surface area contributed by atoms with Crippen molar-refractivity contribution in [2.24, 2.45) is 0 Å². The molecule has 2 N–H and O–H groups in total. The van der Waals surface area contributed by atoms with Crippen molar-refractivity contribution < 1.29 is 41.4 Å². The van der Waals surface area contributed by atoms with Gasteiger partial charge in [0.25, 0.3) is 11.8 Å². The minimum absolute atomic E-state index is 0.0220. The molecule has 0 aromatic heterocycles. The maximum Gasteiger partial charge on any atom is 0.258 e. The molecule has 3 aromatic rings. The van der Waals surface area contributed by atoms with E-state index < -0.39 is 46.2 Å². The van der Waals surface area contributed by atoms with Gasteiger partial charge in [0.2, 0.25) is 5.91 Å². The third kappa shape index (κ3) is 7.46. The summed E-state index contributed by atoms with van der Waals surface area (Å²) >= 11 is 0. The van der Waals surface area contributed by atoms with Crippen LogP contribution in [-0.4, -0.2) is 75.7 Å². The number of carbonyl (C=O) groups excluding carboxylic acids is 3. The van der Waals surface area contributed by atoms with Gasteiger partial charge >= 0.3 is 0 Å². The van der Waals surface area contributed by atoms with E-state index in [1.54, 1.807) is 24.3 Å². The second-order valence-corrected chi connectivity index (χ2v) is 12.6. The fourth-order valence-corrected chi connectivity index (χ4v) is 6.39. The van der Waals surface area contributed by atoms with Crippen LogP contribution in [0.25, 0.3) is 0 Å². The number of methoxy groups -OCH3 is 1. The highest BCUT2D eigenvalue weighted by Gasteiger charge is 2.35. The predicted octanol–water partition coefficient (Wildman–Crippen LogP) is 2.49. The van der Waals surface area contributed by atoms with Crippen LogP contribution in [0.15, 0.2) is 71.6 Å². The number of amides is 3. The van der Waals surface area contributed by atoms with Crippen LogP contribution in [0, 0.1) is 5.82 Å². The highest BCUT2D eigenvalue weighted by atomic mass is 32.2. The first kappa shape index (κ1) is 30.8. The van der Waals surface area contributed by atoms with Crippen LogP contribution < -0.4 is 24.8 Å². The molecule has 2 heterocycles. The third-order valence-corrected chi connectivity index (χ3v) is 9.12. The van der Waals surface area contributed by atoms with E-state index in [1.807, 2.05) is 0 Å². The number of nitrogens with one attached hydrogen (secondary N) is 2. The van der Waals surface area contributed by atoms with Crippen molar-refractivity contribution in [3.63, 3.8) is 0 Å². The fourth-order valence-electron chi connectivity index (χ4n) is 5.13. The van der Waals surface area contributed by atoms with Crippen LogP contribution in [-0.2, 0) is 26.0 Å². The molecule has 232 valence electrons. The summed E-state index contributed by atoms with van der Waals surface area (Å²) in [6.45, 7) is -0.135. The molecule has 2 aliphatic rings. The number of nitrogens with zero attached hydrogens (tertiary/aromatic N) is 1. The molecule has 11 nitrogen and oxygen atoms in total. The second-order valence-electron chi connectivity index (χ2n) is 10.5. The molecule has 0 unspecified atom stereocenters. The summed E-state index contributed by atoms with van der Waals surface area (Å²) < 4.78 is 57.1. The fraction of sp³-hybridized carbons (Fsp3) is 0.323. The number of hydrogen-bond donors (Lipinski definition) is 2. The molecule has 3 aromatic carbocycles. The van der Waals surface area contributed by atoms with Crippen molar-refractivity contribution >= 4 is 27.6 Å². The molecule has 0 radical (unpaired) electrons. The third-order valence-electron chi connectivity index (χ3n) is 7.39. The lowest BCUT2D eigenvalue weighted by Crippen LogP contribution is -2.58. The van der Waals surface area contributed by atoms with Gasteiger partial charge in [0.1, 0.15) is 17.7 Å². The Morgan fingerprint density at radius 1 is 1.09 bits per heavy atom. The molecule has 0 spiro atoms. The van der Waals surface area contributed by atoms with Crippen LogP contribution in [0.1, 0.15) is 28.8 Å². The van der Waals surface area contributed by atoms with E-state index in [2.05, 4.69) is 10.6 Å². The van der Waals surface area contributed by atoms with Gasteiger partial charge in [-0.2, -0.15) is 0 Å². The Bertz CT molecular complexity index is 1650. The summed E-state index contributed by atoms with van der Waals surface area (Å²) in [5, 5.41) is 5.58. The van der Waals surface area contributed by atoms with E-state index in [9.17, 15) is 27.2 Å². The molecule has 44 heavy (non-hydrogen) atoms. The van der Waals surface area contributed by atoms with Crippen LogP contribution in [0.5, 0.6) is 17.2 Å². The Morgan fingerprint density at radius 2 is 1.89 bits per heavy atom. The number of halogens is 1. The quantitative estimate of drug-likeness (QED) is 0.441. The summed E-state index contributed by atoms with van der Waals surface area (Å²) in [6.07, 6.45) is -0.602. The van der Waals surface area contributed by atoms with E-state index >= 15 is 0 Å². The maximum atomic E-state index is 14.6. The van der Waals surface area contributed by atoms with Gasteiger partial charge in [-0.1, -0.05) is 18.2 Å². The summed E-state index contributed by atoms with van der Waals surface area (Å²) in [6, 6.07) is 15.8. The van der Waals surface area contributed by atoms with Gasteiger partial charge in [0.15, 0.2) is 27.9 Å². The topological polar surface area (TPSA) is 140 Å². The number of rotatable bonds is 5. The highest BCUT2D eigenvalue weighted by molar-refractivity contribution is 7.91. The number of fused-ring (bicyclic) bond motifs is 5. The van der Waals surface area contributed by atoms with Crippen molar-refractivity contribution in [1.82, 2.24) is 15.5 Å². The maximum absolute atomic E-state index is 14.6. The van der Waals surface area contributed by atoms with Gasteiger partial charge in [-0.15, -0.1) is 0 Å². The number of hydrogen-bond acceptors (Lipinski definition) is 8. The monoisotopic (exact) mass is 625 g/mol. The molecule has 4 bridgehead atoms. The molecule has 13 heteroatoms. The van der Waals surface area contributed by atoms with Gasteiger partial charge in [0, 0.05) is 44.1 Å². The molecule has 1 fully saturated rings. The lowest BCUT2D eigenvalue weighted by atomic mass is 10.0. The normalized spacial score (nSPS) is 19.0. The van der Waals surface area contributed by atoms with E-state index in [0.29, 0.717) is 11.3 Å². The van der Waals surface area contributed by atoms with Crippen molar-refractivity contribution in [3.05, 3.63) is 83.7 Å². The van der Waals surface area contributed by atoms with Crippen LogP contribution in [0.4, 0.5) is 4.39 Å². The average Bonchev–Trinajstić information content (AvgIpc) is 3.02. The number of likely N-dealkylation sites (tertiary alicyclic amines) is 1. The van der Waals surface area contributed by atoms with Crippen LogP contribution in [0.3, 0.4) is 0 Å². The van der Waals surface area contributed by atoms with E-state index in [1.165, 1.54) is 54.5 Å². The lowest BCUT2D eigenvalue weighted by molar-refractivity contribution is -0.135. The summed E-state index contributed by atoms with van der Waals surface area (Å²) in [4.78, 5) is 40.6. The number of benzene rings is 3. The zero-order valence-corrected chi connectivity index (χ0v) is 24.8. The molecule has 0 saturated carbocycles. The average molecular weight is 626 g/mol. The number of ether oxygens (including phenoxy) is 3. The second kappa shape index (κ2) is 13.3. The Kier molecular flexibility index (Phi) is 9.33. The summed E-state index contributed by atoms with van der Waals surface area (Å²) in [5.74, 6) is -1.60. The lowest BCUT2D eigenvalue weighted by Gasteiger charge is -2.39. The summed E-state index contributed by atoms with van der Waals surface area (Å²) in [5.41, 5.74) is 0.704. The molecule has 0 aliphatic carbocycles. The Labute approximate surface area is 254 Å². The largest absolute Gasteiger partial charge is 0.493 e. The van der Waals surface area contributed by atoms with Gasteiger partial charge in [-0.3, -0.25) is 14.4 Å². The standard InChI is InChI=1S/C31H32FN3O8S/c1-41-27-8-7-21-15-28(27)42-19-29(36)34-25-18-35(30(37)10-12-44(39,40)24-5-3-2-4-6-24)11-9-26(25)43-23-14-20(13-22(32)16-23)17-33-31(21)38/h2-8,13-16,25-26H,9-12,17-19H2,1H3,(H,33,38)(H,34,36)/t25-,26+/m1/s1. The Hall–Kier alpha value is -4.65. The first-order valence-corrected chi connectivity index (χ1v) is 15.7. The van der Waals surface area contributed by atoms with Gasteiger partial charge in [-0.05, 0) is 48.0 Å². The molecule has 2 atom stereocenters. The van der Waals surface area contributed by atoms with Crippen molar-refractivity contribution in [3.8, 4) is 17.2 Å². The SMILES string of the molecule is COc1ccc2cc1OCC(=O)N[C@@H]1CN(C(=O)CCS(=O)(=O)c3ccccc3)CC[C@@H]1Oc1cc(F)cc(c1)CNC2=O. The minimum atomic E-state index is -3.66. The van der Waals surface area contributed by atoms with Crippen molar-refractivity contribution in [2.75, 3.05) is 32.6 Å². The predicted molar refractivity (Wildman–Crippen MR) is 157 cm³/mol. The zero-order chi connectivity index (χ0) is 31.3. The van der Waals surface area contributed by atoms with Gasteiger partial charge in [0.05, 0.1) is 23.8 Å². The first-order valence-electron chi connectivity index (χ1n) is 14.0. The van der Waals surface area contributed by atoms with Crippen LogP contribution in [0.2, 0.25) is 0 Å². The first-order chi connectivity index (χ1) is 21.1. The number of sulfone groups is 1. The number of piperidine rings is 1.